The van der Waals surface area contributed by atoms with E-state index in [2.05, 4.69) is 15.0 Å². The normalized spacial score (nSPS) is 20.0. The van der Waals surface area contributed by atoms with E-state index in [4.69, 9.17) is 5.11 Å². The maximum Gasteiger partial charge on any atom is 0.387 e. The van der Waals surface area contributed by atoms with Crippen LogP contribution in [0, 0.1) is 5.92 Å². The number of hydrogen-bond donors (Lipinski definition) is 2. The molecule has 0 saturated carbocycles. The zero-order valence-electron chi connectivity index (χ0n) is 13.8. The van der Waals surface area contributed by atoms with Crippen molar-refractivity contribution in [3.05, 3.63) is 24.3 Å². The lowest BCUT2D eigenvalue weighted by Gasteiger charge is -2.36. The lowest BCUT2D eigenvalue weighted by atomic mass is 9.94. The summed E-state index contributed by atoms with van der Waals surface area (Å²) in [6.07, 6.45) is 2.86. The minimum Gasteiger partial charge on any atom is -0.435 e. The van der Waals surface area contributed by atoms with Crippen LogP contribution in [-0.2, 0) is 4.79 Å². The smallest absolute Gasteiger partial charge is 0.387 e. The summed E-state index contributed by atoms with van der Waals surface area (Å²) in [7, 11) is 0. The third-order valence-electron chi connectivity index (χ3n) is 4.36. The van der Waals surface area contributed by atoms with E-state index in [1.165, 1.54) is 24.3 Å². The van der Waals surface area contributed by atoms with Crippen molar-refractivity contribution < 1.29 is 23.4 Å². The zero-order valence-corrected chi connectivity index (χ0v) is 13.8. The number of carbonyl (C=O) groups is 1. The summed E-state index contributed by atoms with van der Waals surface area (Å²) < 4.78 is 28.5. The van der Waals surface area contributed by atoms with Gasteiger partial charge in [0, 0.05) is 18.8 Å². The summed E-state index contributed by atoms with van der Waals surface area (Å²) >= 11 is 0. The van der Waals surface area contributed by atoms with Crippen molar-refractivity contribution in [3.63, 3.8) is 0 Å². The quantitative estimate of drug-likeness (QED) is 0.800. The lowest BCUT2D eigenvalue weighted by molar-refractivity contribution is -0.121. The first-order valence-corrected chi connectivity index (χ1v) is 8.20. The topological polar surface area (TPSA) is 61.8 Å². The molecule has 1 aromatic rings. The van der Waals surface area contributed by atoms with Crippen molar-refractivity contribution >= 4 is 11.6 Å². The molecule has 1 aliphatic rings. The Hall–Kier alpha value is -1.73. The number of nitrogens with zero attached hydrogens (tertiary/aromatic N) is 1. The number of nitrogens with one attached hydrogen (secondary N) is 1. The maximum absolute atomic E-state index is 12.4. The van der Waals surface area contributed by atoms with Gasteiger partial charge in [-0.25, -0.2) is 0 Å². The van der Waals surface area contributed by atoms with Gasteiger partial charge in [0.1, 0.15) is 5.75 Å². The van der Waals surface area contributed by atoms with E-state index < -0.39 is 6.61 Å². The number of aliphatic hydroxyl groups is 1. The van der Waals surface area contributed by atoms with Gasteiger partial charge in [-0.05, 0) is 62.9 Å². The van der Waals surface area contributed by atoms with Crippen LogP contribution in [-0.4, -0.2) is 48.3 Å². The first kappa shape index (κ1) is 18.6. The molecule has 0 bridgehead atoms. The number of amides is 1. The van der Waals surface area contributed by atoms with Gasteiger partial charge >= 0.3 is 6.61 Å². The number of ether oxygens (including phenoxy) is 1. The van der Waals surface area contributed by atoms with Crippen LogP contribution < -0.4 is 10.1 Å². The fraction of sp³-hybridized carbons (Fsp3) is 0.588. The van der Waals surface area contributed by atoms with Gasteiger partial charge in [0.15, 0.2) is 0 Å². The van der Waals surface area contributed by atoms with E-state index in [0.29, 0.717) is 11.6 Å². The number of likely N-dealkylation sites (tertiary alicyclic amines) is 1. The third-order valence-corrected chi connectivity index (χ3v) is 4.36. The highest BCUT2D eigenvalue weighted by Crippen LogP contribution is 2.22. The Morgan fingerprint density at radius 3 is 2.75 bits per heavy atom. The van der Waals surface area contributed by atoms with E-state index in [-0.39, 0.29) is 24.3 Å². The van der Waals surface area contributed by atoms with Crippen molar-refractivity contribution in [1.29, 1.82) is 0 Å². The molecule has 0 unspecified atom stereocenters. The number of benzene rings is 1. The van der Waals surface area contributed by atoms with Crippen LogP contribution in [0.4, 0.5) is 14.5 Å². The fourth-order valence-corrected chi connectivity index (χ4v) is 3.00. The molecule has 1 fully saturated rings. The van der Waals surface area contributed by atoms with Gasteiger partial charge in [-0.1, -0.05) is 0 Å². The van der Waals surface area contributed by atoms with Crippen molar-refractivity contribution in [2.75, 3.05) is 25.0 Å². The number of aliphatic hydroxyl groups excluding tert-OH is 1. The van der Waals surface area contributed by atoms with Crippen LogP contribution in [0.15, 0.2) is 24.3 Å². The molecule has 2 atom stereocenters. The Morgan fingerprint density at radius 1 is 1.42 bits per heavy atom. The monoisotopic (exact) mass is 342 g/mol. The molecule has 0 spiro atoms. The lowest BCUT2D eigenvalue weighted by Crippen LogP contribution is -2.47. The summed E-state index contributed by atoms with van der Waals surface area (Å²) in [4.78, 5) is 14.5. The van der Waals surface area contributed by atoms with Gasteiger partial charge < -0.3 is 15.2 Å². The molecule has 1 aliphatic heterocycles. The molecule has 5 nitrogen and oxygen atoms in total. The zero-order chi connectivity index (χ0) is 17.5. The predicted octanol–water partition coefficient (Wildman–Crippen LogP) is 2.71. The standard InChI is InChI=1S/C17H24F2N2O3/c1-12(21-9-2-3-13(11-21)8-10-22)16(23)20-14-4-6-15(7-5-14)24-17(18)19/h4-7,12-13,17,22H,2-3,8-11H2,1H3,(H,20,23)/t12-,13+/m1/s1. The van der Waals surface area contributed by atoms with Crippen LogP contribution >= 0.6 is 0 Å². The largest absolute Gasteiger partial charge is 0.435 e. The van der Waals surface area contributed by atoms with Crippen LogP contribution in [0.3, 0.4) is 0 Å². The summed E-state index contributed by atoms with van der Waals surface area (Å²) in [5.41, 5.74) is 0.539. The van der Waals surface area contributed by atoms with Crippen LogP contribution in [0.2, 0.25) is 0 Å². The first-order chi connectivity index (χ1) is 11.5. The van der Waals surface area contributed by atoms with E-state index in [1.807, 2.05) is 6.92 Å². The minimum atomic E-state index is -2.86. The Labute approximate surface area is 140 Å². The molecular formula is C17H24F2N2O3. The predicted molar refractivity (Wildman–Crippen MR) is 87.2 cm³/mol. The maximum atomic E-state index is 12.4. The molecule has 0 aliphatic carbocycles. The van der Waals surface area contributed by atoms with E-state index in [9.17, 15) is 13.6 Å². The average molecular weight is 342 g/mol. The number of rotatable bonds is 7. The number of carbonyl (C=O) groups excluding carboxylic acids is 1. The van der Waals surface area contributed by atoms with Crippen molar-refractivity contribution in [3.8, 4) is 5.75 Å². The van der Waals surface area contributed by atoms with E-state index >= 15 is 0 Å². The summed E-state index contributed by atoms with van der Waals surface area (Å²) in [6, 6.07) is 5.57. The van der Waals surface area contributed by atoms with Crippen molar-refractivity contribution in [1.82, 2.24) is 4.90 Å². The Kier molecular flexibility index (Phi) is 6.93. The molecule has 0 aromatic heterocycles. The second-order valence-corrected chi connectivity index (χ2v) is 6.08. The van der Waals surface area contributed by atoms with E-state index in [1.54, 1.807) is 0 Å². The average Bonchev–Trinajstić information content (AvgIpc) is 2.56. The number of halogens is 2. The molecule has 2 N–H and O–H groups in total. The van der Waals surface area contributed by atoms with Crippen LogP contribution in [0.1, 0.15) is 26.2 Å². The fourth-order valence-electron chi connectivity index (χ4n) is 3.00. The third kappa shape index (κ3) is 5.42. The molecule has 7 heteroatoms. The van der Waals surface area contributed by atoms with Crippen molar-refractivity contribution in [2.24, 2.45) is 5.92 Å². The molecule has 1 saturated heterocycles. The van der Waals surface area contributed by atoms with E-state index in [0.717, 1.165) is 32.4 Å². The Morgan fingerprint density at radius 2 is 2.12 bits per heavy atom. The van der Waals surface area contributed by atoms with Gasteiger partial charge in [0.2, 0.25) is 5.91 Å². The van der Waals surface area contributed by atoms with Gasteiger partial charge in [-0.3, -0.25) is 9.69 Å². The highest BCUT2D eigenvalue weighted by atomic mass is 19.3. The molecule has 2 rings (SSSR count). The molecule has 24 heavy (non-hydrogen) atoms. The molecule has 1 amide bonds. The number of alkyl halides is 2. The Bertz CT molecular complexity index is 523. The van der Waals surface area contributed by atoms with Crippen molar-refractivity contribution in [2.45, 2.75) is 38.8 Å². The van der Waals surface area contributed by atoms with Gasteiger partial charge in [-0.15, -0.1) is 0 Å². The van der Waals surface area contributed by atoms with Gasteiger partial charge in [0.25, 0.3) is 0 Å². The summed E-state index contributed by atoms with van der Waals surface area (Å²) in [5, 5.41) is 11.9. The summed E-state index contributed by atoms with van der Waals surface area (Å²) in [6.45, 7) is 0.821. The minimum absolute atomic E-state index is 0.0546. The van der Waals surface area contributed by atoms with Crippen LogP contribution in [0.5, 0.6) is 5.75 Å². The molecule has 1 aromatic carbocycles. The first-order valence-electron chi connectivity index (χ1n) is 8.20. The number of piperidine rings is 1. The molecule has 0 radical (unpaired) electrons. The second kappa shape index (κ2) is 8.94. The van der Waals surface area contributed by atoms with Crippen LogP contribution in [0.25, 0.3) is 0 Å². The second-order valence-electron chi connectivity index (χ2n) is 6.08. The SMILES string of the molecule is C[C@H](C(=O)Nc1ccc(OC(F)F)cc1)N1CCC[C@@H](CCO)C1. The van der Waals surface area contributed by atoms with Gasteiger partial charge in [-0.2, -0.15) is 8.78 Å². The Balaban J connectivity index is 1.88. The number of hydrogen-bond acceptors (Lipinski definition) is 4. The molecule has 1 heterocycles. The van der Waals surface area contributed by atoms with Gasteiger partial charge in [0.05, 0.1) is 6.04 Å². The molecular weight excluding hydrogens is 318 g/mol. The summed E-state index contributed by atoms with van der Waals surface area (Å²) in [5.74, 6) is 0.339. The highest BCUT2D eigenvalue weighted by molar-refractivity contribution is 5.94. The molecule has 134 valence electrons. The highest BCUT2D eigenvalue weighted by Gasteiger charge is 2.27. The number of anilines is 1.